The van der Waals surface area contributed by atoms with Crippen molar-refractivity contribution in [1.82, 2.24) is 14.7 Å². The number of nitrogens with zero attached hydrogens (tertiary/aromatic N) is 5. The van der Waals surface area contributed by atoms with Gasteiger partial charge in [0.25, 0.3) is 0 Å². The third kappa shape index (κ3) is 6.12. The molecule has 2 aromatic carbocycles. The van der Waals surface area contributed by atoms with E-state index in [0.29, 0.717) is 12.3 Å². The topological polar surface area (TPSA) is 109 Å². The molecule has 3 heterocycles. The van der Waals surface area contributed by atoms with Gasteiger partial charge < -0.3 is 14.5 Å². The first kappa shape index (κ1) is 31.3. The van der Waals surface area contributed by atoms with Crippen molar-refractivity contribution in [3.8, 4) is 6.07 Å². The van der Waals surface area contributed by atoms with Gasteiger partial charge >= 0.3 is 5.97 Å². The number of rotatable bonds is 10. The summed E-state index contributed by atoms with van der Waals surface area (Å²) in [4.78, 5) is 17.6. The van der Waals surface area contributed by atoms with E-state index in [9.17, 15) is 18.5 Å². The highest BCUT2D eigenvalue weighted by Gasteiger charge is 2.53. The van der Waals surface area contributed by atoms with Crippen molar-refractivity contribution in [2.24, 2.45) is 24.8 Å². The molecular formula is C35H43N5O4S. The van der Waals surface area contributed by atoms with Crippen LogP contribution in [-0.2, 0) is 31.8 Å². The van der Waals surface area contributed by atoms with Crippen LogP contribution in [0.5, 0.6) is 0 Å². The lowest BCUT2D eigenvalue weighted by Crippen LogP contribution is -2.54. The van der Waals surface area contributed by atoms with E-state index in [1.807, 2.05) is 37.3 Å². The lowest BCUT2D eigenvalue weighted by Gasteiger charge is -2.48. The molecule has 1 aliphatic carbocycles. The number of ether oxygens (including phenoxy) is 1. The number of hydrogen-bond donors (Lipinski definition) is 0. The number of hydrogen-bond acceptors (Lipinski definition) is 8. The van der Waals surface area contributed by atoms with Gasteiger partial charge in [0, 0.05) is 56.8 Å². The average molecular weight is 630 g/mol. The van der Waals surface area contributed by atoms with Crippen LogP contribution < -0.4 is 4.90 Å². The minimum Gasteiger partial charge on any atom is -0.462 e. The van der Waals surface area contributed by atoms with E-state index in [4.69, 9.17) is 4.74 Å². The number of carbonyl (C=O) groups excluding carboxylic acids is 1. The molecule has 1 saturated carbocycles. The normalized spacial score (nSPS) is 22.8. The van der Waals surface area contributed by atoms with Gasteiger partial charge in [-0.05, 0) is 80.9 Å². The largest absolute Gasteiger partial charge is 0.462 e. The smallest absolute Gasteiger partial charge is 0.305 e. The van der Waals surface area contributed by atoms with Gasteiger partial charge in [0.05, 0.1) is 22.6 Å². The predicted molar refractivity (Wildman–Crippen MR) is 171 cm³/mol. The first-order valence-corrected chi connectivity index (χ1v) is 17.7. The van der Waals surface area contributed by atoms with E-state index in [1.54, 1.807) is 19.2 Å². The first-order chi connectivity index (χ1) is 21.7. The Balaban J connectivity index is 1.07. The fraction of sp³-hybridized carbons (Fsp3) is 0.514. The Hall–Kier alpha value is -3.68. The van der Waals surface area contributed by atoms with Gasteiger partial charge in [-0.25, -0.2) is 8.42 Å². The van der Waals surface area contributed by atoms with Crippen LogP contribution in [0.25, 0.3) is 0 Å². The quantitative estimate of drug-likeness (QED) is 0.289. The summed E-state index contributed by atoms with van der Waals surface area (Å²) in [6.45, 7) is 6.61. The molecule has 3 atom stereocenters. The van der Waals surface area contributed by atoms with Gasteiger partial charge in [-0.2, -0.15) is 10.4 Å². The minimum absolute atomic E-state index is 0.00266. The van der Waals surface area contributed by atoms with Gasteiger partial charge in [-0.1, -0.05) is 37.3 Å². The molecule has 0 N–H and O–H groups in total. The Morgan fingerprint density at radius 3 is 2.36 bits per heavy atom. The number of aromatic nitrogens is 2. The van der Waals surface area contributed by atoms with Crippen LogP contribution in [0.2, 0.25) is 0 Å². The Morgan fingerprint density at radius 2 is 1.73 bits per heavy atom. The summed E-state index contributed by atoms with van der Waals surface area (Å²) < 4.78 is 33.2. The summed E-state index contributed by atoms with van der Waals surface area (Å²) in [6, 6.07) is 20.2. The molecule has 2 aliphatic heterocycles. The maximum atomic E-state index is 12.9. The molecule has 3 aliphatic rings. The van der Waals surface area contributed by atoms with Crippen LogP contribution >= 0.6 is 0 Å². The van der Waals surface area contributed by atoms with Crippen molar-refractivity contribution in [2.45, 2.75) is 66.8 Å². The van der Waals surface area contributed by atoms with Gasteiger partial charge in [0.15, 0.2) is 0 Å². The first-order valence-electron chi connectivity index (χ1n) is 16.2. The monoisotopic (exact) mass is 629 g/mol. The second-order valence-corrected chi connectivity index (χ2v) is 14.9. The molecule has 0 bridgehead atoms. The molecule has 0 amide bonds. The molecule has 0 radical (unpaired) electrons. The standard InChI is InChI=1S/C35H43N5O4S/c1-3-34(41)44-33-11-7-10-32(33)35(25-36,27-8-5-4-6-9-27)28-16-18-39(19-17-28)21-26-22-40(23-26)29-12-14-30(15-13-29)45(42,43)31-20-37-38(2)24-31/h4-6,8-9,12-15,20,24,26,28,32-33H,3,7,10-11,16-19,21-23H2,1-2H3/t32-,33-,35?/m0/s1. The summed E-state index contributed by atoms with van der Waals surface area (Å²) in [6.07, 6.45) is 7.62. The molecule has 2 saturated heterocycles. The van der Waals surface area contributed by atoms with Crippen LogP contribution in [0.3, 0.4) is 0 Å². The Morgan fingerprint density at radius 1 is 1.02 bits per heavy atom. The van der Waals surface area contributed by atoms with Gasteiger partial charge in [-0.3, -0.25) is 9.48 Å². The van der Waals surface area contributed by atoms with Crippen LogP contribution in [0.4, 0.5) is 5.69 Å². The summed E-state index contributed by atoms with van der Waals surface area (Å²) in [7, 11) is -1.88. The van der Waals surface area contributed by atoms with E-state index >= 15 is 0 Å². The average Bonchev–Trinajstić information content (AvgIpc) is 3.70. The Labute approximate surface area is 266 Å². The molecule has 10 heteroatoms. The predicted octanol–water partition coefficient (Wildman–Crippen LogP) is 4.98. The van der Waals surface area contributed by atoms with Gasteiger partial charge in [0.2, 0.25) is 9.84 Å². The van der Waals surface area contributed by atoms with E-state index in [1.165, 1.54) is 17.1 Å². The van der Waals surface area contributed by atoms with Crippen molar-refractivity contribution < 1.29 is 17.9 Å². The molecular weight excluding hydrogens is 586 g/mol. The molecule has 3 aromatic rings. The SMILES string of the molecule is CCC(=O)O[C@H]1CCC[C@@H]1C(C#N)(c1ccccc1)C1CCN(CC2CN(c3ccc(S(=O)(=O)c4cnn(C)c4)cc3)C2)CC1. The van der Waals surface area contributed by atoms with E-state index < -0.39 is 15.3 Å². The molecule has 9 nitrogen and oxygen atoms in total. The number of anilines is 1. The molecule has 0 spiro atoms. The molecule has 1 unspecified atom stereocenters. The number of piperidine rings is 1. The number of likely N-dealkylation sites (tertiary alicyclic amines) is 1. The molecule has 45 heavy (non-hydrogen) atoms. The highest BCUT2D eigenvalue weighted by atomic mass is 32.2. The summed E-state index contributed by atoms with van der Waals surface area (Å²) in [5, 5.41) is 14.9. The third-order valence-corrected chi connectivity index (χ3v) is 12.0. The zero-order valence-corrected chi connectivity index (χ0v) is 27.0. The van der Waals surface area contributed by atoms with Crippen molar-refractivity contribution in [1.29, 1.82) is 5.26 Å². The molecule has 1 aromatic heterocycles. The molecule has 6 rings (SSSR count). The maximum absolute atomic E-state index is 12.9. The molecule has 238 valence electrons. The number of sulfone groups is 1. The van der Waals surface area contributed by atoms with E-state index in [0.717, 1.165) is 76.1 Å². The highest BCUT2D eigenvalue weighted by molar-refractivity contribution is 7.91. The zero-order valence-electron chi connectivity index (χ0n) is 26.2. The van der Waals surface area contributed by atoms with Crippen LogP contribution in [0.15, 0.2) is 76.8 Å². The minimum atomic E-state index is -3.58. The summed E-state index contributed by atoms with van der Waals surface area (Å²) in [5.41, 5.74) is 1.42. The van der Waals surface area contributed by atoms with Gasteiger partial charge in [-0.15, -0.1) is 0 Å². The van der Waals surface area contributed by atoms with Crippen LogP contribution in [0, 0.1) is 29.1 Å². The number of esters is 1. The van der Waals surface area contributed by atoms with Crippen molar-refractivity contribution in [3.05, 3.63) is 72.6 Å². The second-order valence-electron chi connectivity index (χ2n) is 13.0. The number of aryl methyl sites for hydroxylation is 1. The lowest BCUT2D eigenvalue weighted by molar-refractivity contribution is -0.151. The fourth-order valence-electron chi connectivity index (χ4n) is 7.89. The van der Waals surface area contributed by atoms with Crippen molar-refractivity contribution >= 4 is 21.5 Å². The second kappa shape index (κ2) is 13.0. The van der Waals surface area contributed by atoms with E-state index in [-0.39, 0.29) is 33.7 Å². The zero-order chi connectivity index (χ0) is 31.6. The summed E-state index contributed by atoms with van der Waals surface area (Å²) >= 11 is 0. The molecule has 3 fully saturated rings. The number of benzene rings is 2. The highest BCUT2D eigenvalue weighted by Crippen LogP contribution is 2.51. The van der Waals surface area contributed by atoms with Crippen molar-refractivity contribution in [2.75, 3.05) is 37.6 Å². The van der Waals surface area contributed by atoms with Crippen LogP contribution in [0.1, 0.15) is 51.0 Å². The van der Waals surface area contributed by atoms with Crippen LogP contribution in [-0.4, -0.2) is 67.9 Å². The Bertz CT molecular complexity index is 1620. The number of carbonyl (C=O) groups is 1. The third-order valence-electron chi connectivity index (χ3n) is 10.3. The van der Waals surface area contributed by atoms with E-state index in [2.05, 4.69) is 33.1 Å². The number of nitriles is 1. The Kier molecular flexibility index (Phi) is 9.03. The fourth-order valence-corrected chi connectivity index (χ4v) is 9.13. The summed E-state index contributed by atoms with van der Waals surface area (Å²) in [5.74, 6) is 0.569. The van der Waals surface area contributed by atoms with Crippen molar-refractivity contribution in [3.63, 3.8) is 0 Å². The lowest BCUT2D eigenvalue weighted by atomic mass is 9.59. The maximum Gasteiger partial charge on any atom is 0.305 e. The van der Waals surface area contributed by atoms with Gasteiger partial charge in [0.1, 0.15) is 11.0 Å².